The summed E-state index contributed by atoms with van der Waals surface area (Å²) >= 11 is 0. The molecule has 21 heavy (non-hydrogen) atoms. The van der Waals surface area contributed by atoms with Crippen LogP contribution >= 0.6 is 0 Å². The van der Waals surface area contributed by atoms with E-state index in [2.05, 4.69) is 11.6 Å². The molecule has 0 amide bonds. The SMILES string of the molecule is C=C(C)Cn1c(C)cn2c3c(=O)n(C)c(=O)n(C)c3nc12. The van der Waals surface area contributed by atoms with Crippen molar-refractivity contribution in [2.24, 2.45) is 14.1 Å². The zero-order valence-electron chi connectivity index (χ0n) is 12.5. The van der Waals surface area contributed by atoms with E-state index in [-0.39, 0.29) is 11.2 Å². The molecule has 7 nitrogen and oxygen atoms in total. The molecule has 0 spiro atoms. The van der Waals surface area contributed by atoms with Gasteiger partial charge in [0.1, 0.15) is 0 Å². The van der Waals surface area contributed by atoms with Crippen LogP contribution in [-0.2, 0) is 20.6 Å². The first-order valence-electron chi connectivity index (χ1n) is 6.61. The third-order valence-corrected chi connectivity index (χ3v) is 3.68. The largest absolute Gasteiger partial charge is 0.332 e. The number of nitrogens with zero attached hydrogens (tertiary/aromatic N) is 5. The number of allylic oxidation sites excluding steroid dienone is 1. The molecule has 0 radical (unpaired) electrons. The van der Waals surface area contributed by atoms with E-state index in [1.165, 1.54) is 11.6 Å². The first-order chi connectivity index (χ1) is 9.82. The molecule has 3 heterocycles. The molecule has 0 saturated carbocycles. The van der Waals surface area contributed by atoms with Crippen molar-refractivity contribution in [2.45, 2.75) is 20.4 Å². The van der Waals surface area contributed by atoms with Crippen molar-refractivity contribution in [1.29, 1.82) is 0 Å². The van der Waals surface area contributed by atoms with Crippen LogP contribution in [0, 0.1) is 6.92 Å². The van der Waals surface area contributed by atoms with E-state index >= 15 is 0 Å². The summed E-state index contributed by atoms with van der Waals surface area (Å²) in [5.74, 6) is 0.642. The third-order valence-electron chi connectivity index (χ3n) is 3.68. The van der Waals surface area contributed by atoms with Crippen molar-refractivity contribution in [2.75, 3.05) is 0 Å². The summed E-state index contributed by atoms with van der Waals surface area (Å²) in [6, 6.07) is 0. The second kappa shape index (κ2) is 4.21. The van der Waals surface area contributed by atoms with E-state index in [1.54, 1.807) is 11.4 Å². The van der Waals surface area contributed by atoms with Gasteiger partial charge in [-0.05, 0) is 13.8 Å². The number of aromatic nitrogens is 5. The average molecular weight is 287 g/mol. The molecule has 0 unspecified atom stereocenters. The van der Waals surface area contributed by atoms with Gasteiger partial charge in [-0.15, -0.1) is 0 Å². The molecule has 0 aliphatic carbocycles. The number of imidazole rings is 2. The van der Waals surface area contributed by atoms with Crippen molar-refractivity contribution < 1.29 is 0 Å². The Balaban J connectivity index is 2.54. The summed E-state index contributed by atoms with van der Waals surface area (Å²) in [5, 5.41) is 0. The Kier molecular flexibility index (Phi) is 2.69. The quantitative estimate of drug-likeness (QED) is 0.647. The summed E-state index contributed by atoms with van der Waals surface area (Å²) in [6.45, 7) is 8.43. The molecule has 3 aromatic heterocycles. The van der Waals surface area contributed by atoms with Gasteiger partial charge < -0.3 is 4.57 Å². The lowest BCUT2D eigenvalue weighted by Gasteiger charge is -2.04. The Morgan fingerprint density at radius 3 is 2.57 bits per heavy atom. The Morgan fingerprint density at radius 2 is 1.95 bits per heavy atom. The zero-order valence-corrected chi connectivity index (χ0v) is 12.5. The maximum absolute atomic E-state index is 12.4. The predicted molar refractivity (Wildman–Crippen MR) is 80.7 cm³/mol. The molecule has 0 fully saturated rings. The fraction of sp³-hybridized carbons (Fsp3) is 0.357. The topological polar surface area (TPSA) is 66.2 Å². The van der Waals surface area contributed by atoms with Gasteiger partial charge in [0.2, 0.25) is 5.78 Å². The van der Waals surface area contributed by atoms with Gasteiger partial charge in [-0.25, -0.2) is 4.79 Å². The minimum atomic E-state index is -0.378. The first kappa shape index (κ1) is 13.4. The molecular formula is C14H17N5O2. The second-order valence-corrected chi connectivity index (χ2v) is 5.47. The van der Waals surface area contributed by atoms with Crippen LogP contribution in [0.25, 0.3) is 16.9 Å². The monoisotopic (exact) mass is 287 g/mol. The highest BCUT2D eigenvalue weighted by molar-refractivity contribution is 5.75. The van der Waals surface area contributed by atoms with Crippen LogP contribution in [0.15, 0.2) is 27.9 Å². The van der Waals surface area contributed by atoms with Crippen LogP contribution in [0.2, 0.25) is 0 Å². The molecule has 0 aliphatic heterocycles. The van der Waals surface area contributed by atoms with Crippen molar-refractivity contribution in [3.05, 3.63) is 44.9 Å². The number of aryl methyl sites for hydroxylation is 2. The van der Waals surface area contributed by atoms with Gasteiger partial charge in [-0.1, -0.05) is 12.2 Å². The molecule has 0 aromatic carbocycles. The molecule has 0 bridgehead atoms. The molecular weight excluding hydrogens is 270 g/mol. The van der Waals surface area contributed by atoms with E-state index in [0.717, 1.165) is 15.8 Å². The molecule has 0 aliphatic rings. The fourth-order valence-corrected chi connectivity index (χ4v) is 2.60. The van der Waals surface area contributed by atoms with Crippen LogP contribution in [-0.4, -0.2) is 23.1 Å². The third kappa shape index (κ3) is 1.70. The summed E-state index contributed by atoms with van der Waals surface area (Å²) < 4.78 is 6.22. The Labute approximate surface area is 120 Å². The predicted octanol–water partition coefficient (Wildman–Crippen LogP) is 0.571. The van der Waals surface area contributed by atoms with Crippen LogP contribution in [0.5, 0.6) is 0 Å². The van der Waals surface area contributed by atoms with Crippen LogP contribution in [0.3, 0.4) is 0 Å². The van der Waals surface area contributed by atoms with Crippen molar-refractivity contribution in [3.8, 4) is 0 Å². The lowest BCUT2D eigenvalue weighted by molar-refractivity contribution is 0.707. The zero-order chi connectivity index (χ0) is 15.5. The normalized spacial score (nSPS) is 11.6. The van der Waals surface area contributed by atoms with E-state index < -0.39 is 0 Å². The van der Waals surface area contributed by atoms with E-state index in [4.69, 9.17) is 0 Å². The van der Waals surface area contributed by atoms with E-state index in [1.807, 2.05) is 24.6 Å². The molecule has 0 N–H and O–H groups in total. The lowest BCUT2D eigenvalue weighted by atomic mass is 10.3. The molecule has 3 rings (SSSR count). The van der Waals surface area contributed by atoms with Crippen LogP contribution in [0.1, 0.15) is 12.6 Å². The van der Waals surface area contributed by atoms with Crippen molar-refractivity contribution >= 4 is 16.9 Å². The highest BCUT2D eigenvalue weighted by Crippen LogP contribution is 2.16. The van der Waals surface area contributed by atoms with E-state index in [9.17, 15) is 9.59 Å². The Bertz CT molecular complexity index is 1010. The Morgan fingerprint density at radius 1 is 1.29 bits per heavy atom. The van der Waals surface area contributed by atoms with Crippen molar-refractivity contribution in [1.82, 2.24) is 23.1 Å². The highest BCUT2D eigenvalue weighted by Gasteiger charge is 2.18. The highest BCUT2D eigenvalue weighted by atomic mass is 16.2. The minimum Gasteiger partial charge on any atom is -0.310 e. The van der Waals surface area contributed by atoms with Gasteiger partial charge >= 0.3 is 5.69 Å². The lowest BCUT2D eigenvalue weighted by Crippen LogP contribution is -2.37. The van der Waals surface area contributed by atoms with Gasteiger partial charge in [-0.3, -0.25) is 18.3 Å². The summed E-state index contributed by atoms with van der Waals surface area (Å²) in [5.41, 5.74) is 2.07. The maximum Gasteiger partial charge on any atom is 0.332 e. The van der Waals surface area contributed by atoms with Crippen LogP contribution in [0.4, 0.5) is 0 Å². The van der Waals surface area contributed by atoms with Gasteiger partial charge in [0, 0.05) is 32.5 Å². The number of rotatable bonds is 2. The maximum atomic E-state index is 12.4. The average Bonchev–Trinajstić information content (AvgIpc) is 2.91. The standard InChI is InChI=1S/C14H17N5O2/c1-8(2)6-18-9(3)7-19-10-11(15-13(18)19)16(4)14(21)17(5)12(10)20/h7H,1,6H2,2-5H3. The molecule has 7 heteroatoms. The molecule has 0 saturated heterocycles. The second-order valence-electron chi connectivity index (χ2n) is 5.47. The Hall–Kier alpha value is -2.57. The van der Waals surface area contributed by atoms with E-state index in [0.29, 0.717) is 23.5 Å². The molecule has 110 valence electrons. The minimum absolute atomic E-state index is 0.340. The fourth-order valence-electron chi connectivity index (χ4n) is 2.60. The van der Waals surface area contributed by atoms with Gasteiger partial charge in [-0.2, -0.15) is 4.98 Å². The smallest absolute Gasteiger partial charge is 0.310 e. The number of hydrogen-bond acceptors (Lipinski definition) is 3. The number of fused-ring (bicyclic) bond motifs is 3. The molecule has 3 aromatic rings. The first-order valence-corrected chi connectivity index (χ1v) is 6.61. The van der Waals surface area contributed by atoms with Gasteiger partial charge in [0.05, 0.1) is 0 Å². The van der Waals surface area contributed by atoms with Gasteiger partial charge in [0.15, 0.2) is 11.2 Å². The summed E-state index contributed by atoms with van der Waals surface area (Å²) in [7, 11) is 3.09. The van der Waals surface area contributed by atoms with Crippen LogP contribution < -0.4 is 11.2 Å². The van der Waals surface area contributed by atoms with Crippen molar-refractivity contribution in [3.63, 3.8) is 0 Å². The summed E-state index contributed by atoms with van der Waals surface area (Å²) in [6.07, 6.45) is 1.86. The number of hydrogen-bond donors (Lipinski definition) is 0. The molecule has 0 atom stereocenters. The summed E-state index contributed by atoms with van der Waals surface area (Å²) in [4.78, 5) is 28.9. The van der Waals surface area contributed by atoms with Gasteiger partial charge in [0.25, 0.3) is 5.56 Å².